The Bertz CT molecular complexity index is 1080. The van der Waals surface area contributed by atoms with Crippen molar-refractivity contribution in [3.8, 4) is 17.0 Å². The van der Waals surface area contributed by atoms with E-state index in [-0.39, 0.29) is 22.8 Å². The molecule has 0 saturated heterocycles. The molecule has 0 aliphatic heterocycles. The van der Waals surface area contributed by atoms with Crippen molar-refractivity contribution < 1.29 is 22.7 Å². The van der Waals surface area contributed by atoms with Crippen molar-refractivity contribution in [2.45, 2.75) is 11.4 Å². The van der Waals surface area contributed by atoms with Gasteiger partial charge in [-0.15, -0.1) is 0 Å². The fraction of sp³-hybridized carbons (Fsp3) is 0.158. The van der Waals surface area contributed by atoms with E-state index in [4.69, 9.17) is 4.74 Å². The lowest BCUT2D eigenvalue weighted by Gasteiger charge is -2.13. The second-order valence-corrected chi connectivity index (χ2v) is 8.22. The maximum absolute atomic E-state index is 12.9. The predicted octanol–water partition coefficient (Wildman–Crippen LogP) is 3.08. The van der Waals surface area contributed by atoms with E-state index in [2.05, 4.69) is 14.4 Å². The van der Waals surface area contributed by atoms with Crippen LogP contribution in [-0.2, 0) is 21.3 Å². The zero-order valence-corrected chi connectivity index (χ0v) is 16.8. The summed E-state index contributed by atoms with van der Waals surface area (Å²) in [6.07, 6.45) is 1.66. The molecule has 0 saturated carbocycles. The number of carbonyl (C=O) groups is 1. The first-order valence-electron chi connectivity index (χ1n) is 8.18. The minimum atomic E-state index is -3.96. The lowest BCUT2D eigenvalue weighted by atomic mass is 10.1. The van der Waals surface area contributed by atoms with Gasteiger partial charge in [0.1, 0.15) is 10.6 Å². The Hall–Kier alpha value is -2.75. The molecule has 3 rings (SSSR count). The molecule has 2 heterocycles. The van der Waals surface area contributed by atoms with Crippen LogP contribution in [0.3, 0.4) is 0 Å². The summed E-state index contributed by atoms with van der Waals surface area (Å²) in [5, 5.41) is 3.88. The summed E-state index contributed by atoms with van der Waals surface area (Å²) in [4.78, 5) is 16.0. The number of pyridine rings is 1. The van der Waals surface area contributed by atoms with Crippen LogP contribution in [0.2, 0.25) is 0 Å². The van der Waals surface area contributed by atoms with Crippen LogP contribution in [0.5, 0.6) is 5.75 Å². The quantitative estimate of drug-likeness (QED) is 0.593. The number of carbonyl (C=O) groups excluding carboxylic acids is 1. The number of hydrogen-bond acceptors (Lipinski definition) is 7. The average Bonchev–Trinajstić information content (AvgIpc) is 3.26. The predicted molar refractivity (Wildman–Crippen MR) is 106 cm³/mol. The van der Waals surface area contributed by atoms with Crippen LogP contribution in [0, 0.1) is 0 Å². The average molecular weight is 418 g/mol. The second-order valence-electron chi connectivity index (χ2n) is 5.70. The number of benzene rings is 1. The number of nitrogens with zero attached hydrogens (tertiary/aromatic N) is 1. The lowest BCUT2D eigenvalue weighted by Crippen LogP contribution is -2.24. The van der Waals surface area contributed by atoms with Crippen LogP contribution >= 0.6 is 11.3 Å². The highest BCUT2D eigenvalue weighted by molar-refractivity contribution is 7.89. The Labute approximate surface area is 167 Å². The number of thiophene rings is 1. The van der Waals surface area contributed by atoms with Crippen molar-refractivity contribution in [1.29, 1.82) is 0 Å². The summed E-state index contributed by atoms with van der Waals surface area (Å²) >= 11 is 1.54. The number of ether oxygens (including phenoxy) is 2. The van der Waals surface area contributed by atoms with E-state index in [0.29, 0.717) is 5.69 Å². The molecule has 0 atom stereocenters. The van der Waals surface area contributed by atoms with Crippen LogP contribution in [0.4, 0.5) is 0 Å². The molecule has 2 aromatic heterocycles. The van der Waals surface area contributed by atoms with Crippen LogP contribution in [0.1, 0.15) is 15.9 Å². The van der Waals surface area contributed by atoms with E-state index in [1.807, 2.05) is 22.9 Å². The van der Waals surface area contributed by atoms with Gasteiger partial charge in [0.25, 0.3) is 0 Å². The van der Waals surface area contributed by atoms with Crippen molar-refractivity contribution in [3.63, 3.8) is 0 Å². The van der Waals surface area contributed by atoms with Crippen LogP contribution in [-0.4, -0.2) is 33.6 Å². The lowest BCUT2D eigenvalue weighted by molar-refractivity contribution is 0.0600. The molecule has 146 valence electrons. The Morgan fingerprint density at radius 1 is 1.21 bits per heavy atom. The summed E-state index contributed by atoms with van der Waals surface area (Å²) in [5.74, 6) is -0.504. The van der Waals surface area contributed by atoms with E-state index in [1.165, 1.54) is 43.8 Å². The molecule has 1 aromatic carbocycles. The van der Waals surface area contributed by atoms with Gasteiger partial charge < -0.3 is 9.47 Å². The molecule has 0 aliphatic rings. The van der Waals surface area contributed by atoms with Crippen LogP contribution in [0.15, 0.2) is 58.3 Å². The molecule has 0 amide bonds. The number of hydrogen-bond donors (Lipinski definition) is 1. The first kappa shape index (κ1) is 20.0. The zero-order valence-electron chi connectivity index (χ0n) is 15.2. The highest BCUT2D eigenvalue weighted by Gasteiger charge is 2.22. The molecule has 0 spiro atoms. The molecule has 0 unspecified atom stereocenters. The molecule has 0 aliphatic carbocycles. The van der Waals surface area contributed by atoms with Gasteiger partial charge in [0.05, 0.1) is 25.5 Å². The van der Waals surface area contributed by atoms with Crippen molar-refractivity contribution >= 4 is 27.3 Å². The van der Waals surface area contributed by atoms with E-state index in [9.17, 15) is 13.2 Å². The Kier molecular flexibility index (Phi) is 6.08. The van der Waals surface area contributed by atoms with E-state index < -0.39 is 16.0 Å². The number of methoxy groups -OCH3 is 2. The number of esters is 1. The summed E-state index contributed by atoms with van der Waals surface area (Å²) in [6, 6.07) is 9.58. The molecule has 0 radical (unpaired) electrons. The highest BCUT2D eigenvalue weighted by atomic mass is 32.2. The summed E-state index contributed by atoms with van der Waals surface area (Å²) in [5.41, 5.74) is 2.48. The van der Waals surface area contributed by atoms with E-state index in [1.54, 1.807) is 12.3 Å². The highest BCUT2D eigenvalue weighted by Crippen LogP contribution is 2.27. The normalized spacial score (nSPS) is 11.2. The maximum atomic E-state index is 12.9. The molecular formula is C19H18N2O5S2. The fourth-order valence-electron chi connectivity index (χ4n) is 2.62. The van der Waals surface area contributed by atoms with Gasteiger partial charge in [-0.05, 0) is 41.3 Å². The van der Waals surface area contributed by atoms with E-state index >= 15 is 0 Å². The fourth-order valence-corrected chi connectivity index (χ4v) is 4.46. The minimum Gasteiger partial charge on any atom is -0.495 e. The van der Waals surface area contributed by atoms with Crippen molar-refractivity contribution in [1.82, 2.24) is 9.71 Å². The zero-order chi connectivity index (χ0) is 20.1. The van der Waals surface area contributed by atoms with Gasteiger partial charge in [-0.1, -0.05) is 6.07 Å². The topological polar surface area (TPSA) is 94.6 Å². The van der Waals surface area contributed by atoms with Crippen LogP contribution in [0.25, 0.3) is 11.3 Å². The number of rotatable bonds is 7. The van der Waals surface area contributed by atoms with Crippen LogP contribution < -0.4 is 9.46 Å². The van der Waals surface area contributed by atoms with Crippen molar-refractivity contribution in [2.75, 3.05) is 14.2 Å². The monoisotopic (exact) mass is 418 g/mol. The summed E-state index contributed by atoms with van der Waals surface area (Å²) in [6.45, 7) is 0.0347. The molecule has 9 heteroatoms. The first-order chi connectivity index (χ1) is 13.5. The van der Waals surface area contributed by atoms with Gasteiger partial charge in [0.2, 0.25) is 10.0 Å². The van der Waals surface area contributed by atoms with Gasteiger partial charge in [0, 0.05) is 23.7 Å². The third kappa shape index (κ3) is 4.22. The van der Waals surface area contributed by atoms with Crippen molar-refractivity contribution in [3.05, 3.63) is 64.5 Å². The Balaban J connectivity index is 1.91. The third-order valence-corrected chi connectivity index (χ3v) is 6.12. The van der Waals surface area contributed by atoms with Gasteiger partial charge in [0.15, 0.2) is 0 Å². The van der Waals surface area contributed by atoms with Gasteiger partial charge in [-0.2, -0.15) is 11.3 Å². The molecule has 3 aromatic rings. The summed E-state index contributed by atoms with van der Waals surface area (Å²) < 4.78 is 38.1. The number of nitrogens with one attached hydrogen (secondary N) is 1. The van der Waals surface area contributed by atoms with Gasteiger partial charge >= 0.3 is 5.97 Å². The first-order valence-corrected chi connectivity index (χ1v) is 10.6. The second kappa shape index (κ2) is 8.51. The van der Waals surface area contributed by atoms with Gasteiger partial charge in [-0.25, -0.2) is 17.9 Å². The summed E-state index contributed by atoms with van der Waals surface area (Å²) in [7, 11) is -1.37. The largest absolute Gasteiger partial charge is 0.495 e. The molecule has 28 heavy (non-hydrogen) atoms. The van der Waals surface area contributed by atoms with Crippen molar-refractivity contribution in [2.24, 2.45) is 0 Å². The minimum absolute atomic E-state index is 0.0347. The molecule has 0 bridgehead atoms. The number of sulfonamides is 1. The number of aromatic nitrogens is 1. The molecular weight excluding hydrogens is 400 g/mol. The molecule has 7 nitrogen and oxygen atoms in total. The van der Waals surface area contributed by atoms with Gasteiger partial charge in [-0.3, -0.25) is 4.98 Å². The van der Waals surface area contributed by atoms with E-state index in [0.717, 1.165) is 11.1 Å². The molecule has 1 N–H and O–H groups in total. The Morgan fingerprint density at radius 2 is 2.04 bits per heavy atom. The standard InChI is InChI=1S/C19H18N2O5S2/c1-25-16-6-5-13(19(22)26-2)10-17(16)28(23,24)21-11-14-4-3-8-20-18(14)15-7-9-27-12-15/h3-10,12,21H,11H2,1-2H3. The maximum Gasteiger partial charge on any atom is 0.337 e. The molecule has 0 fully saturated rings. The third-order valence-electron chi connectivity index (χ3n) is 4.01. The smallest absolute Gasteiger partial charge is 0.337 e. The Morgan fingerprint density at radius 3 is 2.71 bits per heavy atom. The SMILES string of the molecule is COC(=O)c1ccc(OC)c(S(=O)(=O)NCc2cccnc2-c2ccsc2)c1.